The van der Waals surface area contributed by atoms with Gasteiger partial charge in [0.15, 0.2) is 11.3 Å². The predicted molar refractivity (Wildman–Crippen MR) is 250 cm³/mol. The number of carbonyl (C=O) groups excluding carboxylic acids is 2. The van der Waals surface area contributed by atoms with Crippen molar-refractivity contribution < 1.29 is 52.4 Å². The zero-order valence-electron chi connectivity index (χ0n) is 36.8. The van der Waals surface area contributed by atoms with Gasteiger partial charge in [-0.05, 0) is 61.4 Å². The van der Waals surface area contributed by atoms with Crippen molar-refractivity contribution in [1.29, 1.82) is 0 Å². The lowest BCUT2D eigenvalue weighted by Gasteiger charge is -2.11. The minimum Gasteiger partial charge on any atom is -0.478 e. The minimum absolute atomic E-state index is 0.252. The molecule has 4 aromatic heterocycles. The maximum atomic E-state index is 14.2. The lowest BCUT2D eigenvalue weighted by atomic mass is 10.0. The third-order valence-electron chi connectivity index (χ3n) is 10.9. The number of carbonyl (C=O) groups is 4. The molecular formula is C50H44F2N8O9. The molecule has 0 aliphatic heterocycles. The summed E-state index contributed by atoms with van der Waals surface area (Å²) in [5.41, 5.74) is 3.73. The summed E-state index contributed by atoms with van der Waals surface area (Å²) in [7, 11) is 0. The Kier molecular flexibility index (Phi) is 15.1. The molecule has 0 atom stereocenters. The fraction of sp³-hybridized carbons (Fsp3) is 0.200. The number of benzene rings is 4. The number of aromatic nitrogens is 6. The summed E-state index contributed by atoms with van der Waals surface area (Å²) in [5.74, 6) is -5.46. The smallest absolute Gasteiger partial charge is 0.338 e. The van der Waals surface area contributed by atoms with Crippen LogP contribution in [0.25, 0.3) is 67.1 Å². The van der Waals surface area contributed by atoms with Crippen molar-refractivity contribution >= 4 is 45.8 Å². The second-order valence-electron chi connectivity index (χ2n) is 15.5. The van der Waals surface area contributed by atoms with Crippen LogP contribution in [-0.2, 0) is 14.2 Å². The van der Waals surface area contributed by atoms with Gasteiger partial charge in [-0.15, -0.1) is 0 Å². The number of carboxylic acid groups (broad SMARTS) is 2. The van der Waals surface area contributed by atoms with Crippen molar-refractivity contribution in [2.75, 3.05) is 52.7 Å². The molecule has 17 nitrogen and oxygen atoms in total. The molecule has 0 unspecified atom stereocenters. The Bertz CT molecular complexity index is 2940. The molecule has 4 heterocycles. The number of ether oxygens (including phenoxy) is 3. The van der Waals surface area contributed by atoms with E-state index in [1.807, 2.05) is 60.7 Å². The van der Waals surface area contributed by atoms with Crippen molar-refractivity contribution in [2.24, 2.45) is 0 Å². The van der Waals surface area contributed by atoms with E-state index in [1.54, 1.807) is 0 Å². The first-order valence-electron chi connectivity index (χ1n) is 21.8. The number of halogens is 2. The average molecular weight is 939 g/mol. The van der Waals surface area contributed by atoms with Crippen LogP contribution in [0.3, 0.4) is 0 Å². The molecule has 6 N–H and O–H groups in total. The summed E-state index contributed by atoms with van der Waals surface area (Å²) in [4.78, 5) is 59.8. The van der Waals surface area contributed by atoms with E-state index in [-0.39, 0.29) is 35.6 Å². The molecule has 0 bridgehead atoms. The number of rotatable bonds is 22. The van der Waals surface area contributed by atoms with Gasteiger partial charge in [0.25, 0.3) is 11.8 Å². The number of hydrogen-bond acceptors (Lipinski definition) is 11. The SMILES string of the molecule is O=C(O)c1cc(-c2cc(C(=O)NCCCOCCOCCOCCCNC(=O)c3cc(-c4ccc(F)c(C(=O)O)c4)nc4[nH]nc(-c5ccccc5)c34)c3c(-c4ccccc4)n[nH]c3n2)ccc1F. The number of nitrogens with one attached hydrogen (secondary N) is 4. The molecular weight excluding hydrogens is 895 g/mol. The summed E-state index contributed by atoms with van der Waals surface area (Å²) in [5, 5.41) is 40.3. The Morgan fingerprint density at radius 1 is 0.493 bits per heavy atom. The van der Waals surface area contributed by atoms with Crippen LogP contribution in [0.5, 0.6) is 0 Å². The Balaban J connectivity index is 0.764. The van der Waals surface area contributed by atoms with Gasteiger partial charge in [0, 0.05) is 48.6 Å². The lowest BCUT2D eigenvalue weighted by Crippen LogP contribution is -2.26. The molecule has 0 saturated carbocycles. The fourth-order valence-corrected chi connectivity index (χ4v) is 7.51. The number of H-pyrrole nitrogens is 2. The summed E-state index contributed by atoms with van der Waals surface area (Å²) < 4.78 is 45.4. The topological polar surface area (TPSA) is 244 Å². The first kappa shape index (κ1) is 47.2. The van der Waals surface area contributed by atoms with Gasteiger partial charge in [0.2, 0.25) is 0 Å². The van der Waals surface area contributed by atoms with Gasteiger partial charge in [0.05, 0.1) is 70.8 Å². The van der Waals surface area contributed by atoms with E-state index in [4.69, 9.17) is 14.2 Å². The number of fused-ring (bicyclic) bond motifs is 2. The van der Waals surface area contributed by atoms with Crippen LogP contribution in [0.15, 0.2) is 109 Å². The van der Waals surface area contributed by atoms with Crippen LogP contribution in [0.2, 0.25) is 0 Å². The van der Waals surface area contributed by atoms with E-state index in [0.29, 0.717) is 97.1 Å². The van der Waals surface area contributed by atoms with E-state index in [0.717, 1.165) is 23.3 Å². The quantitative estimate of drug-likeness (QED) is 0.0360. The molecule has 0 aliphatic carbocycles. The third kappa shape index (κ3) is 11.1. The molecule has 352 valence electrons. The van der Waals surface area contributed by atoms with Crippen LogP contribution in [0.4, 0.5) is 8.78 Å². The highest BCUT2D eigenvalue weighted by atomic mass is 19.1. The maximum absolute atomic E-state index is 14.2. The van der Waals surface area contributed by atoms with Gasteiger partial charge in [-0.2, -0.15) is 10.2 Å². The Morgan fingerprint density at radius 3 is 1.28 bits per heavy atom. The Hall–Kier alpha value is -8.26. The molecule has 8 aromatic rings. The molecule has 0 radical (unpaired) electrons. The van der Waals surface area contributed by atoms with Crippen LogP contribution in [-0.4, -0.2) is 117 Å². The largest absolute Gasteiger partial charge is 0.478 e. The number of pyridine rings is 2. The second-order valence-corrected chi connectivity index (χ2v) is 15.5. The van der Waals surface area contributed by atoms with Gasteiger partial charge in [-0.3, -0.25) is 19.8 Å². The van der Waals surface area contributed by atoms with Gasteiger partial charge in [-0.25, -0.2) is 28.3 Å². The maximum Gasteiger partial charge on any atom is 0.338 e. The lowest BCUT2D eigenvalue weighted by molar-refractivity contribution is 0.0139. The normalized spacial score (nSPS) is 11.3. The highest BCUT2D eigenvalue weighted by Crippen LogP contribution is 2.34. The number of hydrogen-bond donors (Lipinski definition) is 6. The highest BCUT2D eigenvalue weighted by molar-refractivity contribution is 6.12. The van der Waals surface area contributed by atoms with Gasteiger partial charge in [-0.1, -0.05) is 60.7 Å². The van der Waals surface area contributed by atoms with E-state index in [1.165, 1.54) is 36.4 Å². The summed E-state index contributed by atoms with van der Waals surface area (Å²) in [6.45, 7) is 2.51. The average Bonchev–Trinajstić information content (AvgIpc) is 4.00. The van der Waals surface area contributed by atoms with E-state index >= 15 is 0 Å². The third-order valence-corrected chi connectivity index (χ3v) is 10.9. The van der Waals surface area contributed by atoms with E-state index in [9.17, 15) is 38.2 Å². The first-order valence-corrected chi connectivity index (χ1v) is 21.8. The van der Waals surface area contributed by atoms with Crippen LogP contribution >= 0.6 is 0 Å². The van der Waals surface area contributed by atoms with Crippen LogP contribution in [0.1, 0.15) is 54.3 Å². The molecule has 0 fully saturated rings. The molecule has 19 heteroatoms. The highest BCUT2D eigenvalue weighted by Gasteiger charge is 2.23. The molecule has 2 amide bonds. The van der Waals surface area contributed by atoms with E-state index < -0.39 is 46.5 Å². The monoisotopic (exact) mass is 938 g/mol. The number of aromatic carboxylic acids is 2. The van der Waals surface area contributed by atoms with Crippen molar-refractivity contribution in [2.45, 2.75) is 12.8 Å². The standard InChI is InChI=1S/C50H44F2N8O9/c51-37-15-13-31(25-33(37)49(63)64)39-27-35(41-43(57-59-45(41)55-39)29-9-3-1-4-10-29)47(61)53-17-7-19-67-21-23-69-24-22-68-20-8-18-54-48(62)36-28-40(32-14-16-38(52)34(26-32)50(65)66)56-46-42(36)44(58-60-46)30-11-5-2-6-12-30/h1-6,9-16,25-28H,7-8,17-24H2,(H,53,61)(H,54,62)(H,63,64)(H,65,66)(H,55,57,59)(H,56,58,60). The van der Waals surface area contributed by atoms with Crippen LogP contribution < -0.4 is 10.6 Å². The zero-order valence-corrected chi connectivity index (χ0v) is 36.8. The van der Waals surface area contributed by atoms with Crippen molar-refractivity contribution in [1.82, 2.24) is 41.0 Å². The van der Waals surface area contributed by atoms with Gasteiger partial charge in [0.1, 0.15) is 23.0 Å². The summed E-state index contributed by atoms with van der Waals surface area (Å²) in [6, 6.07) is 28.8. The zero-order chi connectivity index (χ0) is 48.3. The fourth-order valence-electron chi connectivity index (χ4n) is 7.51. The molecule has 4 aromatic carbocycles. The number of amides is 2. The molecule has 0 aliphatic rings. The molecule has 69 heavy (non-hydrogen) atoms. The van der Waals surface area contributed by atoms with E-state index in [2.05, 4.69) is 41.0 Å². The second kappa shape index (κ2) is 22.0. The number of carboxylic acids is 2. The molecule has 0 saturated heterocycles. The number of nitrogens with zero attached hydrogens (tertiary/aromatic N) is 4. The number of aromatic amines is 2. The Morgan fingerprint density at radius 2 is 0.884 bits per heavy atom. The first-order chi connectivity index (χ1) is 33.6. The van der Waals surface area contributed by atoms with Crippen molar-refractivity contribution in [3.8, 4) is 45.0 Å². The minimum atomic E-state index is -1.43. The van der Waals surface area contributed by atoms with Crippen molar-refractivity contribution in [3.63, 3.8) is 0 Å². The Labute approximate surface area is 391 Å². The van der Waals surface area contributed by atoms with Crippen molar-refractivity contribution in [3.05, 3.63) is 143 Å². The van der Waals surface area contributed by atoms with Crippen LogP contribution in [0, 0.1) is 11.6 Å². The summed E-state index contributed by atoms with van der Waals surface area (Å²) >= 11 is 0. The summed E-state index contributed by atoms with van der Waals surface area (Å²) in [6.07, 6.45) is 0.989. The predicted octanol–water partition coefficient (Wildman–Crippen LogP) is 7.56. The molecule has 8 rings (SSSR count). The van der Waals surface area contributed by atoms with Gasteiger partial charge >= 0.3 is 11.9 Å². The molecule has 0 spiro atoms. The van der Waals surface area contributed by atoms with Gasteiger partial charge < -0.3 is 35.1 Å².